The molecule has 0 bridgehead atoms. The Morgan fingerprint density at radius 2 is 0.891 bits per heavy atom. The highest BCUT2D eigenvalue weighted by Crippen LogP contribution is 2.38. The van der Waals surface area contributed by atoms with Crippen molar-refractivity contribution in [1.82, 2.24) is 0 Å². The smallest absolute Gasteiger partial charge is 0.306 e. The van der Waals surface area contributed by atoms with Crippen LogP contribution in [0.25, 0.3) is 0 Å². The molecule has 0 aromatic rings. The van der Waals surface area contributed by atoms with Gasteiger partial charge in [0.1, 0.15) is 19.8 Å². The van der Waals surface area contributed by atoms with Crippen molar-refractivity contribution in [1.29, 1.82) is 0 Å². The van der Waals surface area contributed by atoms with Gasteiger partial charge in [0, 0.05) is 12.8 Å². The van der Waals surface area contributed by atoms with E-state index in [-0.39, 0.29) is 32.0 Å². The molecule has 0 spiro atoms. The molecule has 0 saturated heterocycles. The number of likely N-dealkylation sites (N-methyl/N-ethyl adjacent to an activating group) is 1. The third kappa shape index (κ3) is 49.2. The molecule has 0 aromatic heterocycles. The Morgan fingerprint density at radius 1 is 0.500 bits per heavy atom. The summed E-state index contributed by atoms with van der Waals surface area (Å²) in [5.41, 5.74) is 0. The summed E-state index contributed by atoms with van der Waals surface area (Å²) in [4.78, 5) is 37.7. The number of hydrogen-bond donors (Lipinski definition) is 0. The summed E-state index contributed by atoms with van der Waals surface area (Å²) in [7, 11) is 1.16. The summed E-state index contributed by atoms with van der Waals surface area (Å²) in [6, 6.07) is 0. The van der Waals surface area contributed by atoms with Gasteiger partial charge >= 0.3 is 11.9 Å². The van der Waals surface area contributed by atoms with Gasteiger partial charge in [0.05, 0.1) is 27.7 Å². The van der Waals surface area contributed by atoms with Crippen LogP contribution in [-0.4, -0.2) is 70.0 Å². The maximum atomic E-state index is 12.8. The van der Waals surface area contributed by atoms with Crippen molar-refractivity contribution in [2.75, 3.05) is 47.5 Å². The third-order valence-electron chi connectivity index (χ3n) is 11.1. The van der Waals surface area contributed by atoms with Gasteiger partial charge in [0.2, 0.25) is 0 Å². The van der Waals surface area contributed by atoms with E-state index >= 15 is 0 Å². The lowest BCUT2D eigenvalue weighted by molar-refractivity contribution is -0.870. The predicted molar refractivity (Wildman–Crippen MR) is 268 cm³/mol. The first kappa shape index (κ1) is 61.7. The summed E-state index contributed by atoms with van der Waals surface area (Å²) in [5.74, 6) is -0.842. The summed E-state index contributed by atoms with van der Waals surface area (Å²) >= 11 is 0. The molecule has 0 amide bonds. The standard InChI is InChI=1S/C54H98NO8P/c1-6-8-10-12-14-16-18-20-22-24-25-26-27-28-29-31-33-35-37-39-41-43-45-47-54(57)63-52(51-62-64(58,59)61-49-48-55(3,4)5)50-60-53(56)46-44-42-40-38-36-34-32-30-23-21-19-17-15-13-11-9-7-2/h8,10,14,16,20,22,25-26,28-29,52H,6-7,9,11-13,15,17-19,21,23-24,27,30-51H2,1-5H3/b10-8-,16-14-,22-20-,26-25-,29-28-. The number of unbranched alkanes of at least 4 members (excludes halogenated alkanes) is 23. The van der Waals surface area contributed by atoms with Crippen molar-refractivity contribution in [3.05, 3.63) is 60.8 Å². The topological polar surface area (TPSA) is 111 Å². The SMILES string of the molecule is CC/C=C\C/C=C\C/C=C\C/C=C\C/C=C\CCCCCCCCCC(=O)OC(COC(=O)CCCCCCCCCCCCCCCCCCC)COP(=O)([O-])OCC[N+](C)(C)C. The molecule has 10 heteroatoms. The summed E-state index contributed by atoms with van der Waals surface area (Å²) in [6.45, 7) is 4.12. The molecule has 2 atom stereocenters. The second-order valence-corrected chi connectivity index (χ2v) is 19.9. The van der Waals surface area contributed by atoms with E-state index in [1.165, 1.54) is 109 Å². The Bertz CT molecular complexity index is 1270. The lowest BCUT2D eigenvalue weighted by atomic mass is 10.0. The molecular formula is C54H98NO8P. The second-order valence-electron chi connectivity index (χ2n) is 18.5. The predicted octanol–water partition coefficient (Wildman–Crippen LogP) is 15.0. The number of phosphoric acid groups is 1. The zero-order valence-electron chi connectivity index (χ0n) is 42.0. The van der Waals surface area contributed by atoms with Gasteiger partial charge in [-0.2, -0.15) is 0 Å². The van der Waals surface area contributed by atoms with Gasteiger partial charge in [-0.1, -0.05) is 209 Å². The number of nitrogens with zero attached hydrogens (tertiary/aromatic N) is 1. The minimum Gasteiger partial charge on any atom is -0.756 e. The molecule has 2 unspecified atom stereocenters. The van der Waals surface area contributed by atoms with Crippen molar-refractivity contribution in [3.63, 3.8) is 0 Å². The van der Waals surface area contributed by atoms with Crippen molar-refractivity contribution in [2.24, 2.45) is 0 Å². The van der Waals surface area contributed by atoms with Gasteiger partial charge < -0.3 is 27.9 Å². The molecule has 0 aliphatic rings. The summed E-state index contributed by atoms with van der Waals surface area (Å²) in [6.07, 6.45) is 56.7. The fourth-order valence-corrected chi connectivity index (χ4v) is 7.76. The third-order valence-corrected chi connectivity index (χ3v) is 12.0. The highest BCUT2D eigenvalue weighted by Gasteiger charge is 2.21. The average Bonchev–Trinajstić information content (AvgIpc) is 3.25. The van der Waals surface area contributed by atoms with Gasteiger partial charge in [-0.15, -0.1) is 0 Å². The van der Waals surface area contributed by atoms with E-state index in [1.54, 1.807) is 0 Å². The van der Waals surface area contributed by atoms with Crippen LogP contribution in [0.15, 0.2) is 60.8 Å². The number of carbonyl (C=O) groups excluding carboxylic acids is 2. The minimum absolute atomic E-state index is 0.0343. The Hall–Kier alpha value is -2.29. The highest BCUT2D eigenvalue weighted by molar-refractivity contribution is 7.45. The van der Waals surface area contributed by atoms with Crippen LogP contribution in [0.4, 0.5) is 0 Å². The lowest BCUT2D eigenvalue weighted by Crippen LogP contribution is -2.37. The number of phosphoric ester groups is 1. The fourth-order valence-electron chi connectivity index (χ4n) is 7.04. The normalized spacial score (nSPS) is 13.9. The van der Waals surface area contributed by atoms with Crippen molar-refractivity contribution in [2.45, 2.75) is 225 Å². The first-order chi connectivity index (χ1) is 31.0. The summed E-state index contributed by atoms with van der Waals surface area (Å²) in [5, 5.41) is 0. The van der Waals surface area contributed by atoms with E-state index in [1.807, 2.05) is 21.1 Å². The Balaban J connectivity index is 4.27. The van der Waals surface area contributed by atoms with E-state index in [0.29, 0.717) is 17.4 Å². The van der Waals surface area contributed by atoms with Gasteiger partial charge in [-0.25, -0.2) is 0 Å². The number of quaternary nitrogens is 1. The number of ether oxygens (including phenoxy) is 2. The summed E-state index contributed by atoms with van der Waals surface area (Å²) < 4.78 is 34.1. The van der Waals surface area contributed by atoms with E-state index in [0.717, 1.165) is 77.0 Å². The molecule has 0 heterocycles. The van der Waals surface area contributed by atoms with Gasteiger partial charge in [-0.05, 0) is 57.8 Å². The maximum absolute atomic E-state index is 12.8. The quantitative estimate of drug-likeness (QED) is 0.0195. The van der Waals surface area contributed by atoms with E-state index < -0.39 is 26.5 Å². The number of carbonyl (C=O) groups is 2. The van der Waals surface area contributed by atoms with Gasteiger partial charge in [0.25, 0.3) is 7.82 Å². The molecule has 0 saturated carbocycles. The number of rotatable bonds is 47. The second kappa shape index (κ2) is 45.8. The Kier molecular flexibility index (Phi) is 44.2. The molecule has 0 aliphatic heterocycles. The lowest BCUT2D eigenvalue weighted by Gasteiger charge is -2.28. The highest BCUT2D eigenvalue weighted by atomic mass is 31.2. The van der Waals surface area contributed by atoms with Gasteiger partial charge in [-0.3, -0.25) is 14.2 Å². The first-order valence-electron chi connectivity index (χ1n) is 26.0. The monoisotopic (exact) mass is 920 g/mol. The van der Waals surface area contributed by atoms with Crippen LogP contribution in [-0.2, 0) is 32.7 Å². The number of esters is 2. The van der Waals surface area contributed by atoms with Gasteiger partial charge in [0.15, 0.2) is 6.10 Å². The Labute approximate surface area is 394 Å². The van der Waals surface area contributed by atoms with Crippen LogP contribution < -0.4 is 4.89 Å². The number of allylic oxidation sites excluding steroid dienone is 10. The minimum atomic E-state index is -4.64. The molecule has 0 radical (unpaired) electrons. The molecule has 372 valence electrons. The molecule has 0 rings (SSSR count). The molecule has 0 N–H and O–H groups in total. The molecule has 9 nitrogen and oxygen atoms in total. The van der Waals surface area contributed by atoms with Crippen molar-refractivity contribution >= 4 is 19.8 Å². The number of hydrogen-bond acceptors (Lipinski definition) is 8. The van der Waals surface area contributed by atoms with Crippen LogP contribution >= 0.6 is 7.82 Å². The fraction of sp³-hybridized carbons (Fsp3) is 0.778. The maximum Gasteiger partial charge on any atom is 0.306 e. The van der Waals surface area contributed by atoms with Crippen molar-refractivity contribution in [3.8, 4) is 0 Å². The van der Waals surface area contributed by atoms with Crippen LogP contribution in [0, 0.1) is 0 Å². The van der Waals surface area contributed by atoms with E-state index in [4.69, 9.17) is 18.5 Å². The molecule has 0 aliphatic carbocycles. The molecule has 0 fully saturated rings. The molecule has 64 heavy (non-hydrogen) atoms. The first-order valence-corrected chi connectivity index (χ1v) is 27.5. The van der Waals surface area contributed by atoms with Crippen LogP contribution in [0.5, 0.6) is 0 Å². The average molecular weight is 920 g/mol. The Morgan fingerprint density at radius 3 is 1.33 bits per heavy atom. The zero-order chi connectivity index (χ0) is 47.1. The molecular weight excluding hydrogens is 822 g/mol. The molecule has 0 aromatic carbocycles. The van der Waals surface area contributed by atoms with Crippen molar-refractivity contribution < 1.29 is 42.1 Å². The zero-order valence-corrected chi connectivity index (χ0v) is 42.9. The van der Waals surface area contributed by atoms with Crippen LogP contribution in [0.3, 0.4) is 0 Å². The van der Waals surface area contributed by atoms with Crippen LogP contribution in [0.2, 0.25) is 0 Å². The van der Waals surface area contributed by atoms with E-state index in [9.17, 15) is 19.0 Å². The van der Waals surface area contributed by atoms with E-state index in [2.05, 4.69) is 74.6 Å². The van der Waals surface area contributed by atoms with Crippen LogP contribution in [0.1, 0.15) is 219 Å². The largest absolute Gasteiger partial charge is 0.756 e.